The second kappa shape index (κ2) is 3.48. The van der Waals surface area contributed by atoms with Crippen LogP contribution < -0.4 is 10.5 Å². The predicted octanol–water partition coefficient (Wildman–Crippen LogP) is 1.98. The van der Waals surface area contributed by atoms with Crippen LogP contribution in [0.15, 0.2) is 17.5 Å². The van der Waals surface area contributed by atoms with Gasteiger partial charge in [0.1, 0.15) is 5.75 Å². The molecular formula is C10H11NO2S. The molecule has 4 heteroatoms. The number of anilines is 1. The Balaban J connectivity index is 2.71. The molecule has 1 aromatic carbocycles. The second-order valence-corrected chi connectivity index (χ2v) is 3.92. The maximum Gasteiger partial charge on any atom is 0.125 e. The lowest BCUT2D eigenvalue weighted by molar-refractivity contribution is 0.274. The summed E-state index contributed by atoms with van der Waals surface area (Å²) in [5.41, 5.74) is 7.30. The Morgan fingerprint density at radius 3 is 2.93 bits per heavy atom. The fourth-order valence-corrected chi connectivity index (χ4v) is 2.29. The van der Waals surface area contributed by atoms with Crippen molar-refractivity contribution < 1.29 is 9.84 Å². The summed E-state index contributed by atoms with van der Waals surface area (Å²) in [5, 5.41) is 12.0. The molecular weight excluding hydrogens is 198 g/mol. The van der Waals surface area contributed by atoms with E-state index in [-0.39, 0.29) is 6.61 Å². The molecule has 0 spiro atoms. The molecule has 0 aliphatic heterocycles. The minimum atomic E-state index is -0.0333. The van der Waals surface area contributed by atoms with Gasteiger partial charge in [-0.1, -0.05) is 0 Å². The lowest BCUT2D eigenvalue weighted by Gasteiger charge is -2.06. The number of rotatable bonds is 2. The zero-order chi connectivity index (χ0) is 10.1. The lowest BCUT2D eigenvalue weighted by Crippen LogP contribution is -1.91. The SMILES string of the molecule is COc1cc2scc(N)c2cc1CO. The number of ether oxygens (including phenoxy) is 1. The molecule has 2 aromatic rings. The molecule has 3 nitrogen and oxygen atoms in total. The van der Waals surface area contributed by atoms with Gasteiger partial charge < -0.3 is 15.6 Å². The first-order chi connectivity index (χ1) is 6.76. The Morgan fingerprint density at radius 1 is 1.50 bits per heavy atom. The second-order valence-electron chi connectivity index (χ2n) is 3.01. The van der Waals surface area contributed by atoms with Crippen LogP contribution in [0.1, 0.15) is 5.56 Å². The molecule has 3 N–H and O–H groups in total. The molecule has 1 heterocycles. The van der Waals surface area contributed by atoms with Crippen molar-refractivity contribution in [1.29, 1.82) is 0 Å². The average Bonchev–Trinajstić information content (AvgIpc) is 2.58. The number of nitrogen functional groups attached to an aromatic ring is 1. The third-order valence-corrected chi connectivity index (χ3v) is 3.14. The molecule has 0 aliphatic carbocycles. The predicted molar refractivity (Wildman–Crippen MR) is 58.7 cm³/mol. The van der Waals surface area contributed by atoms with E-state index in [0.717, 1.165) is 21.3 Å². The van der Waals surface area contributed by atoms with Gasteiger partial charge >= 0.3 is 0 Å². The monoisotopic (exact) mass is 209 g/mol. The Hall–Kier alpha value is -1.26. The van der Waals surface area contributed by atoms with Crippen LogP contribution >= 0.6 is 11.3 Å². The number of hydrogen-bond donors (Lipinski definition) is 2. The minimum Gasteiger partial charge on any atom is -0.496 e. The van der Waals surface area contributed by atoms with Crippen LogP contribution in [0.4, 0.5) is 5.69 Å². The highest BCUT2D eigenvalue weighted by Gasteiger charge is 2.07. The molecule has 0 unspecified atom stereocenters. The number of nitrogens with two attached hydrogens (primary N) is 1. The number of thiophene rings is 1. The summed E-state index contributed by atoms with van der Waals surface area (Å²) in [4.78, 5) is 0. The van der Waals surface area contributed by atoms with E-state index in [2.05, 4.69) is 0 Å². The molecule has 74 valence electrons. The van der Waals surface area contributed by atoms with Crippen molar-refractivity contribution in [2.45, 2.75) is 6.61 Å². The number of aliphatic hydroxyl groups excluding tert-OH is 1. The molecule has 0 bridgehead atoms. The van der Waals surface area contributed by atoms with Gasteiger partial charge in [0.25, 0.3) is 0 Å². The highest BCUT2D eigenvalue weighted by atomic mass is 32.1. The molecule has 0 atom stereocenters. The summed E-state index contributed by atoms with van der Waals surface area (Å²) in [7, 11) is 1.59. The largest absolute Gasteiger partial charge is 0.496 e. The van der Waals surface area contributed by atoms with E-state index in [9.17, 15) is 0 Å². The Bertz CT molecular complexity index is 464. The maximum atomic E-state index is 9.12. The van der Waals surface area contributed by atoms with E-state index in [1.54, 1.807) is 18.4 Å². The van der Waals surface area contributed by atoms with Crippen LogP contribution in [-0.4, -0.2) is 12.2 Å². The van der Waals surface area contributed by atoms with Crippen LogP contribution in [0.2, 0.25) is 0 Å². The van der Waals surface area contributed by atoms with Crippen molar-refractivity contribution in [3.63, 3.8) is 0 Å². The first-order valence-electron chi connectivity index (χ1n) is 4.20. The van der Waals surface area contributed by atoms with Crippen molar-refractivity contribution >= 4 is 27.1 Å². The Labute approximate surface area is 85.7 Å². The zero-order valence-electron chi connectivity index (χ0n) is 7.78. The van der Waals surface area contributed by atoms with E-state index in [1.807, 2.05) is 17.5 Å². The van der Waals surface area contributed by atoms with Gasteiger partial charge in [-0.3, -0.25) is 0 Å². The summed E-state index contributed by atoms with van der Waals surface area (Å²) in [5.74, 6) is 0.710. The molecule has 0 saturated carbocycles. The van der Waals surface area contributed by atoms with Gasteiger partial charge in [0.15, 0.2) is 0 Å². The lowest BCUT2D eigenvalue weighted by atomic mass is 10.1. The van der Waals surface area contributed by atoms with Crippen LogP contribution in [0, 0.1) is 0 Å². The number of hydrogen-bond acceptors (Lipinski definition) is 4. The van der Waals surface area contributed by atoms with Crippen LogP contribution in [0.5, 0.6) is 5.75 Å². The summed E-state index contributed by atoms with van der Waals surface area (Å²) < 4.78 is 6.24. The Morgan fingerprint density at radius 2 is 2.29 bits per heavy atom. The molecule has 0 aliphatic rings. The molecule has 0 amide bonds. The fourth-order valence-electron chi connectivity index (χ4n) is 1.43. The van der Waals surface area contributed by atoms with Crippen LogP contribution in [0.25, 0.3) is 10.1 Å². The third kappa shape index (κ3) is 1.32. The molecule has 1 aromatic heterocycles. The normalized spacial score (nSPS) is 10.7. The average molecular weight is 209 g/mol. The molecule has 0 fully saturated rings. The van der Waals surface area contributed by atoms with E-state index in [4.69, 9.17) is 15.6 Å². The molecule has 0 radical (unpaired) electrons. The smallest absolute Gasteiger partial charge is 0.125 e. The number of fused-ring (bicyclic) bond motifs is 1. The summed E-state index contributed by atoms with van der Waals surface area (Å²) >= 11 is 1.58. The van der Waals surface area contributed by atoms with Crippen molar-refractivity contribution in [2.75, 3.05) is 12.8 Å². The third-order valence-electron chi connectivity index (χ3n) is 2.18. The topological polar surface area (TPSA) is 55.5 Å². The van der Waals surface area contributed by atoms with Crippen molar-refractivity contribution in [2.24, 2.45) is 0 Å². The van der Waals surface area contributed by atoms with Crippen LogP contribution in [-0.2, 0) is 6.61 Å². The highest BCUT2D eigenvalue weighted by molar-refractivity contribution is 7.17. The Kier molecular flexibility index (Phi) is 2.31. The quantitative estimate of drug-likeness (QED) is 0.795. The highest BCUT2D eigenvalue weighted by Crippen LogP contribution is 2.33. The van der Waals surface area contributed by atoms with Gasteiger partial charge in [0.2, 0.25) is 0 Å². The van der Waals surface area contributed by atoms with Gasteiger partial charge in [0, 0.05) is 21.0 Å². The van der Waals surface area contributed by atoms with E-state index in [1.165, 1.54) is 0 Å². The van der Waals surface area contributed by atoms with Gasteiger partial charge in [-0.15, -0.1) is 11.3 Å². The van der Waals surface area contributed by atoms with Crippen molar-refractivity contribution in [3.8, 4) is 5.75 Å². The van der Waals surface area contributed by atoms with Gasteiger partial charge in [-0.05, 0) is 12.1 Å². The van der Waals surface area contributed by atoms with Gasteiger partial charge in [-0.2, -0.15) is 0 Å². The summed E-state index contributed by atoms with van der Waals surface area (Å²) in [6, 6.07) is 3.78. The number of aliphatic hydroxyl groups is 1. The zero-order valence-corrected chi connectivity index (χ0v) is 8.60. The number of benzene rings is 1. The van der Waals surface area contributed by atoms with E-state index >= 15 is 0 Å². The van der Waals surface area contributed by atoms with Crippen molar-refractivity contribution in [1.82, 2.24) is 0 Å². The van der Waals surface area contributed by atoms with Crippen LogP contribution in [0.3, 0.4) is 0 Å². The number of methoxy groups -OCH3 is 1. The first-order valence-corrected chi connectivity index (χ1v) is 5.08. The molecule has 0 saturated heterocycles. The fraction of sp³-hybridized carbons (Fsp3) is 0.200. The standard InChI is InChI=1S/C10H11NO2S/c1-13-9-3-10-7(2-6(9)4-12)8(11)5-14-10/h2-3,5,12H,4,11H2,1H3. The first kappa shape index (κ1) is 9.30. The van der Waals surface area contributed by atoms with E-state index < -0.39 is 0 Å². The summed E-state index contributed by atoms with van der Waals surface area (Å²) in [6.07, 6.45) is 0. The maximum absolute atomic E-state index is 9.12. The summed E-state index contributed by atoms with van der Waals surface area (Å²) in [6.45, 7) is -0.0333. The van der Waals surface area contributed by atoms with E-state index in [0.29, 0.717) is 5.75 Å². The van der Waals surface area contributed by atoms with Gasteiger partial charge in [-0.25, -0.2) is 0 Å². The van der Waals surface area contributed by atoms with Gasteiger partial charge in [0.05, 0.1) is 19.4 Å². The molecule has 14 heavy (non-hydrogen) atoms. The van der Waals surface area contributed by atoms with Crippen molar-refractivity contribution in [3.05, 3.63) is 23.1 Å². The molecule has 2 rings (SSSR count). The minimum absolute atomic E-state index is 0.0333.